The molecule has 0 aromatic rings. The molecule has 0 spiro atoms. The lowest BCUT2D eigenvalue weighted by Gasteiger charge is -2.38. The fourth-order valence-electron chi connectivity index (χ4n) is 2.47. The molecule has 1 amide bonds. The monoisotopic (exact) mass is 197 g/mol. The predicted octanol–water partition coefficient (Wildman–Crippen LogP) is 1.42. The van der Waals surface area contributed by atoms with Crippen molar-refractivity contribution in [3.05, 3.63) is 0 Å². The molecule has 80 valence electrons. The van der Waals surface area contributed by atoms with Crippen molar-refractivity contribution in [2.45, 2.75) is 38.6 Å². The Kier molecular flexibility index (Phi) is 3.06. The summed E-state index contributed by atoms with van der Waals surface area (Å²) in [7, 11) is 0. The molecule has 1 saturated carbocycles. The third-order valence-electron chi connectivity index (χ3n) is 3.45. The highest BCUT2D eigenvalue weighted by atomic mass is 16.5. The molecule has 0 bridgehead atoms. The third kappa shape index (κ3) is 2.08. The number of carbonyl (C=O) groups is 1. The minimum Gasteiger partial charge on any atom is -0.370 e. The molecule has 0 aromatic carbocycles. The summed E-state index contributed by atoms with van der Waals surface area (Å²) in [5.41, 5.74) is 0. The van der Waals surface area contributed by atoms with Crippen LogP contribution >= 0.6 is 0 Å². The minimum atomic E-state index is 0.191. The van der Waals surface area contributed by atoms with Crippen molar-refractivity contribution in [3.8, 4) is 0 Å². The Hall–Kier alpha value is -0.570. The number of rotatable bonds is 1. The van der Waals surface area contributed by atoms with Crippen LogP contribution in [0.3, 0.4) is 0 Å². The zero-order valence-electron chi connectivity index (χ0n) is 8.87. The molecule has 1 saturated heterocycles. The Morgan fingerprint density at radius 3 is 2.64 bits per heavy atom. The van der Waals surface area contributed by atoms with E-state index in [9.17, 15) is 4.79 Å². The Balaban J connectivity index is 1.90. The standard InChI is InChI=1S/C11H19NO2/c1-9-2-4-10(5-3-9)12-6-7-14-8-11(12)13/h9-10H,2-8H2,1H3. The molecule has 2 rings (SSSR count). The smallest absolute Gasteiger partial charge is 0.248 e. The summed E-state index contributed by atoms with van der Waals surface area (Å²) in [6.45, 7) is 4.12. The molecule has 0 N–H and O–H groups in total. The van der Waals surface area contributed by atoms with E-state index < -0.39 is 0 Å². The molecule has 0 atom stereocenters. The van der Waals surface area contributed by atoms with E-state index in [1.807, 2.05) is 4.90 Å². The number of hydrogen-bond acceptors (Lipinski definition) is 2. The summed E-state index contributed by atoms with van der Waals surface area (Å²) in [6, 6.07) is 0.502. The first-order chi connectivity index (χ1) is 6.77. The van der Waals surface area contributed by atoms with E-state index in [0.717, 1.165) is 19.1 Å². The van der Waals surface area contributed by atoms with E-state index >= 15 is 0 Å². The second kappa shape index (κ2) is 4.30. The van der Waals surface area contributed by atoms with E-state index in [0.29, 0.717) is 12.6 Å². The lowest BCUT2D eigenvalue weighted by atomic mass is 9.86. The van der Waals surface area contributed by atoms with Gasteiger partial charge in [0.25, 0.3) is 0 Å². The van der Waals surface area contributed by atoms with Crippen LogP contribution in [0.2, 0.25) is 0 Å². The molecule has 1 aliphatic carbocycles. The van der Waals surface area contributed by atoms with Gasteiger partial charge in [0.2, 0.25) is 5.91 Å². The summed E-state index contributed by atoms with van der Waals surface area (Å²) in [5.74, 6) is 1.04. The maximum atomic E-state index is 11.6. The van der Waals surface area contributed by atoms with Gasteiger partial charge in [-0.25, -0.2) is 0 Å². The molecule has 0 unspecified atom stereocenters. The van der Waals surface area contributed by atoms with Gasteiger partial charge in [0.05, 0.1) is 6.61 Å². The van der Waals surface area contributed by atoms with Crippen LogP contribution in [-0.4, -0.2) is 36.6 Å². The van der Waals surface area contributed by atoms with Gasteiger partial charge in [-0.05, 0) is 31.6 Å². The summed E-state index contributed by atoms with van der Waals surface area (Å²) in [6.07, 6.45) is 4.92. The van der Waals surface area contributed by atoms with Gasteiger partial charge in [-0.15, -0.1) is 0 Å². The van der Waals surface area contributed by atoms with Gasteiger partial charge >= 0.3 is 0 Å². The first-order valence-electron chi connectivity index (χ1n) is 5.64. The van der Waals surface area contributed by atoms with Crippen LogP contribution in [0.4, 0.5) is 0 Å². The first-order valence-corrected chi connectivity index (χ1v) is 5.64. The van der Waals surface area contributed by atoms with Gasteiger partial charge in [0, 0.05) is 12.6 Å². The van der Waals surface area contributed by atoms with Crippen LogP contribution in [0.5, 0.6) is 0 Å². The van der Waals surface area contributed by atoms with Crippen LogP contribution in [0.15, 0.2) is 0 Å². The quantitative estimate of drug-likeness (QED) is 0.636. The molecule has 3 heteroatoms. The van der Waals surface area contributed by atoms with Gasteiger partial charge in [-0.1, -0.05) is 6.92 Å². The second-order valence-electron chi connectivity index (χ2n) is 4.55. The normalized spacial score (nSPS) is 34.6. The largest absolute Gasteiger partial charge is 0.370 e. The van der Waals surface area contributed by atoms with E-state index in [2.05, 4.69) is 6.92 Å². The zero-order chi connectivity index (χ0) is 9.97. The van der Waals surface area contributed by atoms with Gasteiger partial charge in [0.1, 0.15) is 6.61 Å². The Morgan fingerprint density at radius 2 is 2.00 bits per heavy atom. The highest BCUT2D eigenvalue weighted by molar-refractivity contribution is 5.78. The molecular formula is C11H19NO2. The Bertz CT molecular complexity index is 209. The fraction of sp³-hybridized carbons (Fsp3) is 0.909. The molecule has 2 fully saturated rings. The summed E-state index contributed by atoms with van der Waals surface area (Å²) >= 11 is 0. The van der Waals surface area contributed by atoms with E-state index in [-0.39, 0.29) is 5.91 Å². The van der Waals surface area contributed by atoms with E-state index in [4.69, 9.17) is 4.74 Å². The third-order valence-corrected chi connectivity index (χ3v) is 3.45. The Morgan fingerprint density at radius 1 is 1.29 bits per heavy atom. The molecule has 1 aliphatic heterocycles. The number of nitrogens with zero attached hydrogens (tertiary/aromatic N) is 1. The molecule has 0 aromatic heterocycles. The van der Waals surface area contributed by atoms with Crippen molar-refractivity contribution in [1.82, 2.24) is 4.90 Å². The molecule has 3 nitrogen and oxygen atoms in total. The van der Waals surface area contributed by atoms with Gasteiger partial charge < -0.3 is 9.64 Å². The molecular weight excluding hydrogens is 178 g/mol. The van der Waals surface area contributed by atoms with Crippen molar-refractivity contribution in [2.24, 2.45) is 5.92 Å². The average molecular weight is 197 g/mol. The molecule has 14 heavy (non-hydrogen) atoms. The number of morpholine rings is 1. The maximum Gasteiger partial charge on any atom is 0.248 e. The average Bonchev–Trinajstić information content (AvgIpc) is 2.20. The fourth-order valence-corrected chi connectivity index (χ4v) is 2.47. The van der Waals surface area contributed by atoms with Crippen LogP contribution < -0.4 is 0 Å². The van der Waals surface area contributed by atoms with Crippen molar-refractivity contribution in [1.29, 1.82) is 0 Å². The zero-order valence-corrected chi connectivity index (χ0v) is 8.87. The highest BCUT2D eigenvalue weighted by Gasteiger charge is 2.29. The number of ether oxygens (including phenoxy) is 1. The van der Waals surface area contributed by atoms with Gasteiger partial charge in [-0.3, -0.25) is 4.79 Å². The molecule has 0 radical (unpaired) electrons. The Labute approximate surface area is 85.4 Å². The SMILES string of the molecule is CC1CCC(N2CCOCC2=O)CC1. The van der Waals surface area contributed by atoms with Gasteiger partial charge in [0.15, 0.2) is 0 Å². The topological polar surface area (TPSA) is 29.5 Å². The second-order valence-corrected chi connectivity index (χ2v) is 4.55. The number of carbonyl (C=O) groups excluding carboxylic acids is 1. The van der Waals surface area contributed by atoms with Crippen LogP contribution in [0.1, 0.15) is 32.6 Å². The first kappa shape index (κ1) is 9.97. The van der Waals surface area contributed by atoms with Crippen molar-refractivity contribution >= 4 is 5.91 Å². The lowest BCUT2D eigenvalue weighted by Crippen LogP contribution is -2.48. The predicted molar refractivity (Wildman–Crippen MR) is 54.0 cm³/mol. The van der Waals surface area contributed by atoms with Crippen molar-refractivity contribution in [3.63, 3.8) is 0 Å². The number of hydrogen-bond donors (Lipinski definition) is 0. The minimum absolute atomic E-state index is 0.191. The van der Waals surface area contributed by atoms with Crippen LogP contribution in [-0.2, 0) is 9.53 Å². The molecule has 1 heterocycles. The summed E-state index contributed by atoms with van der Waals surface area (Å²) < 4.78 is 5.13. The van der Waals surface area contributed by atoms with Crippen LogP contribution in [0.25, 0.3) is 0 Å². The lowest BCUT2D eigenvalue weighted by molar-refractivity contribution is -0.146. The van der Waals surface area contributed by atoms with E-state index in [1.54, 1.807) is 0 Å². The van der Waals surface area contributed by atoms with Crippen molar-refractivity contribution < 1.29 is 9.53 Å². The molecule has 2 aliphatic rings. The van der Waals surface area contributed by atoms with Gasteiger partial charge in [-0.2, -0.15) is 0 Å². The highest BCUT2D eigenvalue weighted by Crippen LogP contribution is 2.27. The maximum absolute atomic E-state index is 11.6. The summed E-state index contributed by atoms with van der Waals surface area (Å²) in [5, 5.41) is 0. The van der Waals surface area contributed by atoms with E-state index in [1.165, 1.54) is 25.7 Å². The number of amides is 1. The van der Waals surface area contributed by atoms with Crippen molar-refractivity contribution in [2.75, 3.05) is 19.8 Å². The van der Waals surface area contributed by atoms with Crippen LogP contribution in [0, 0.1) is 5.92 Å². The summed E-state index contributed by atoms with van der Waals surface area (Å²) in [4.78, 5) is 13.6.